The maximum Gasteiger partial charge on any atom is 0.125 e. The SMILES string of the molecule is CC.CSNc1cc(C)cc(F)c1. The highest BCUT2D eigenvalue weighted by Gasteiger charge is 1.95. The van der Waals surface area contributed by atoms with E-state index in [0.717, 1.165) is 11.3 Å². The van der Waals surface area contributed by atoms with Crippen molar-refractivity contribution in [3.05, 3.63) is 29.6 Å². The molecule has 0 amide bonds. The van der Waals surface area contributed by atoms with Crippen molar-refractivity contribution in [2.45, 2.75) is 20.8 Å². The van der Waals surface area contributed by atoms with Gasteiger partial charge in [-0.2, -0.15) is 0 Å². The number of anilines is 1. The summed E-state index contributed by atoms with van der Waals surface area (Å²) in [5, 5.41) is 0. The molecule has 1 aromatic rings. The van der Waals surface area contributed by atoms with Crippen LogP contribution in [0.25, 0.3) is 0 Å². The van der Waals surface area contributed by atoms with Crippen LogP contribution < -0.4 is 4.72 Å². The lowest BCUT2D eigenvalue weighted by Gasteiger charge is -2.02. The van der Waals surface area contributed by atoms with E-state index in [1.807, 2.05) is 33.1 Å². The van der Waals surface area contributed by atoms with Gasteiger partial charge >= 0.3 is 0 Å². The Bertz CT molecular complexity index is 230. The number of nitrogens with one attached hydrogen (secondary N) is 1. The lowest BCUT2D eigenvalue weighted by Crippen LogP contribution is -1.87. The zero-order chi connectivity index (χ0) is 10.3. The minimum Gasteiger partial charge on any atom is -0.330 e. The second kappa shape index (κ2) is 6.78. The molecule has 0 unspecified atom stereocenters. The number of rotatable bonds is 2. The van der Waals surface area contributed by atoms with Crippen LogP contribution in [0.15, 0.2) is 18.2 Å². The average molecular weight is 201 g/mol. The molecule has 0 aliphatic carbocycles. The van der Waals surface area contributed by atoms with Crippen LogP contribution in [-0.2, 0) is 0 Å². The van der Waals surface area contributed by atoms with Gasteiger partial charge < -0.3 is 4.72 Å². The van der Waals surface area contributed by atoms with Crippen molar-refractivity contribution >= 4 is 17.6 Å². The zero-order valence-corrected chi connectivity index (χ0v) is 9.33. The quantitative estimate of drug-likeness (QED) is 0.729. The molecule has 0 heterocycles. The molecule has 0 aromatic heterocycles. The normalized spacial score (nSPS) is 8.69. The Labute approximate surface area is 83.9 Å². The van der Waals surface area contributed by atoms with Gasteiger partial charge in [0.2, 0.25) is 0 Å². The highest BCUT2D eigenvalue weighted by molar-refractivity contribution is 7.99. The van der Waals surface area contributed by atoms with Gasteiger partial charge in [-0.1, -0.05) is 25.8 Å². The summed E-state index contributed by atoms with van der Waals surface area (Å²) in [6, 6.07) is 4.88. The predicted molar refractivity (Wildman–Crippen MR) is 59.6 cm³/mol. The van der Waals surface area contributed by atoms with Gasteiger partial charge in [-0.15, -0.1) is 0 Å². The van der Waals surface area contributed by atoms with E-state index in [2.05, 4.69) is 4.72 Å². The molecule has 0 aliphatic rings. The van der Waals surface area contributed by atoms with E-state index in [1.54, 1.807) is 0 Å². The topological polar surface area (TPSA) is 12.0 Å². The molecule has 1 N–H and O–H groups in total. The van der Waals surface area contributed by atoms with Gasteiger partial charge in [0, 0.05) is 11.9 Å². The zero-order valence-electron chi connectivity index (χ0n) is 8.52. The molecule has 74 valence electrons. The molecule has 0 bridgehead atoms. The van der Waals surface area contributed by atoms with Gasteiger partial charge in [0.05, 0.1) is 0 Å². The molecule has 3 heteroatoms. The summed E-state index contributed by atoms with van der Waals surface area (Å²) < 4.78 is 15.7. The van der Waals surface area contributed by atoms with Crippen molar-refractivity contribution in [3.63, 3.8) is 0 Å². The van der Waals surface area contributed by atoms with Gasteiger partial charge in [0.1, 0.15) is 5.82 Å². The van der Waals surface area contributed by atoms with Gasteiger partial charge in [0.15, 0.2) is 0 Å². The predicted octanol–water partition coefficient (Wildman–Crippen LogP) is 3.85. The second-order valence-corrected chi connectivity index (χ2v) is 2.94. The Morgan fingerprint density at radius 2 is 1.85 bits per heavy atom. The molecule has 1 aromatic carbocycles. The molecule has 0 fully saturated rings. The summed E-state index contributed by atoms with van der Waals surface area (Å²) in [4.78, 5) is 0. The van der Waals surface area contributed by atoms with Crippen molar-refractivity contribution in [2.75, 3.05) is 11.0 Å². The van der Waals surface area contributed by atoms with Crippen molar-refractivity contribution in [1.29, 1.82) is 0 Å². The highest BCUT2D eigenvalue weighted by Crippen LogP contribution is 2.15. The number of hydrogen-bond donors (Lipinski definition) is 1. The number of hydrogen-bond acceptors (Lipinski definition) is 2. The highest BCUT2D eigenvalue weighted by atomic mass is 32.2. The third-order valence-electron chi connectivity index (χ3n) is 1.26. The minimum absolute atomic E-state index is 0.193. The molecule has 0 atom stereocenters. The first-order valence-corrected chi connectivity index (χ1v) is 5.51. The van der Waals surface area contributed by atoms with Crippen molar-refractivity contribution in [2.24, 2.45) is 0 Å². The van der Waals surface area contributed by atoms with E-state index >= 15 is 0 Å². The van der Waals surface area contributed by atoms with Gasteiger partial charge in [-0.3, -0.25) is 0 Å². The third kappa shape index (κ3) is 4.78. The molecule has 13 heavy (non-hydrogen) atoms. The average Bonchev–Trinajstić information content (AvgIpc) is 2.06. The summed E-state index contributed by atoms with van der Waals surface area (Å²) in [6.07, 6.45) is 1.90. The van der Waals surface area contributed by atoms with E-state index < -0.39 is 0 Å². The molecule has 0 aliphatic heterocycles. The number of benzene rings is 1. The molecule has 0 spiro atoms. The third-order valence-corrected chi connectivity index (χ3v) is 1.70. The van der Waals surface area contributed by atoms with Crippen LogP contribution in [0.3, 0.4) is 0 Å². The maximum atomic E-state index is 12.7. The number of halogens is 1. The maximum absolute atomic E-state index is 12.7. The fourth-order valence-electron chi connectivity index (χ4n) is 0.913. The second-order valence-electron chi connectivity index (χ2n) is 2.32. The summed E-state index contributed by atoms with van der Waals surface area (Å²) in [5.41, 5.74) is 1.75. The Morgan fingerprint density at radius 1 is 1.23 bits per heavy atom. The van der Waals surface area contributed by atoms with Gasteiger partial charge in [0.25, 0.3) is 0 Å². The molecular weight excluding hydrogens is 185 g/mol. The van der Waals surface area contributed by atoms with Crippen LogP contribution in [0, 0.1) is 12.7 Å². The molecule has 0 saturated heterocycles. The molecule has 0 saturated carbocycles. The first-order valence-electron chi connectivity index (χ1n) is 4.28. The monoisotopic (exact) mass is 201 g/mol. The summed E-state index contributed by atoms with van der Waals surface area (Å²) >= 11 is 1.46. The van der Waals surface area contributed by atoms with Crippen LogP contribution in [0.5, 0.6) is 0 Å². The van der Waals surface area contributed by atoms with E-state index in [1.165, 1.54) is 24.1 Å². The fourth-order valence-corrected chi connectivity index (χ4v) is 1.27. The lowest BCUT2D eigenvalue weighted by molar-refractivity contribution is 0.627. The van der Waals surface area contributed by atoms with Crippen molar-refractivity contribution in [3.8, 4) is 0 Å². The lowest BCUT2D eigenvalue weighted by atomic mass is 10.2. The van der Waals surface area contributed by atoms with E-state index in [9.17, 15) is 4.39 Å². The van der Waals surface area contributed by atoms with Crippen LogP contribution in [0.4, 0.5) is 10.1 Å². The molecule has 1 nitrogen and oxygen atoms in total. The molecule has 1 rings (SSSR count). The van der Waals surface area contributed by atoms with Crippen molar-refractivity contribution < 1.29 is 4.39 Å². The first-order chi connectivity index (χ1) is 6.22. The molecular formula is C10H16FNS. The van der Waals surface area contributed by atoms with Crippen LogP contribution in [0.2, 0.25) is 0 Å². The van der Waals surface area contributed by atoms with E-state index in [0.29, 0.717) is 0 Å². The Kier molecular flexibility index (Phi) is 6.41. The number of aryl methyl sites for hydroxylation is 1. The minimum atomic E-state index is -0.193. The van der Waals surface area contributed by atoms with Crippen LogP contribution >= 0.6 is 11.9 Å². The Morgan fingerprint density at radius 3 is 2.31 bits per heavy atom. The first kappa shape index (κ1) is 12.3. The standard InChI is InChI=1S/C8H10FNS.C2H6/c1-6-3-7(9)5-8(4-6)10-11-2;1-2/h3-5,10H,1-2H3;1-2H3. The fraction of sp³-hybridized carbons (Fsp3) is 0.400. The van der Waals surface area contributed by atoms with Crippen molar-refractivity contribution in [1.82, 2.24) is 0 Å². The van der Waals surface area contributed by atoms with Crippen LogP contribution in [0.1, 0.15) is 19.4 Å². The Balaban J connectivity index is 0.000000671. The summed E-state index contributed by atoms with van der Waals surface area (Å²) in [7, 11) is 0. The summed E-state index contributed by atoms with van der Waals surface area (Å²) in [6.45, 7) is 5.87. The summed E-state index contributed by atoms with van der Waals surface area (Å²) in [5.74, 6) is -0.193. The van der Waals surface area contributed by atoms with Gasteiger partial charge in [-0.25, -0.2) is 4.39 Å². The molecule has 0 radical (unpaired) electrons. The van der Waals surface area contributed by atoms with Gasteiger partial charge in [-0.05, 0) is 30.7 Å². The largest absolute Gasteiger partial charge is 0.330 e. The smallest absolute Gasteiger partial charge is 0.125 e. The van der Waals surface area contributed by atoms with Crippen LogP contribution in [-0.4, -0.2) is 6.26 Å². The van der Waals surface area contributed by atoms with E-state index in [-0.39, 0.29) is 5.82 Å². The van der Waals surface area contributed by atoms with E-state index in [4.69, 9.17) is 0 Å². The Hall–Kier alpha value is -0.700.